The van der Waals surface area contributed by atoms with E-state index in [1.807, 2.05) is 23.5 Å². The SMILES string of the molecule is COc1cc(CN2CCC(c3nc(C)n4c(C)csc34)CC2)cc(OC)c1OC. The van der Waals surface area contributed by atoms with Gasteiger partial charge >= 0.3 is 0 Å². The summed E-state index contributed by atoms with van der Waals surface area (Å²) in [4.78, 5) is 8.73. The van der Waals surface area contributed by atoms with Gasteiger partial charge in [-0.2, -0.15) is 0 Å². The number of aryl methyl sites for hydroxylation is 2. The number of methoxy groups -OCH3 is 3. The van der Waals surface area contributed by atoms with Gasteiger partial charge in [-0.3, -0.25) is 9.30 Å². The third kappa shape index (κ3) is 3.69. The van der Waals surface area contributed by atoms with Crippen molar-refractivity contribution in [2.75, 3.05) is 34.4 Å². The van der Waals surface area contributed by atoms with E-state index < -0.39 is 0 Å². The van der Waals surface area contributed by atoms with Crippen LogP contribution >= 0.6 is 11.3 Å². The molecule has 1 aliphatic rings. The van der Waals surface area contributed by atoms with Crippen LogP contribution in [0.5, 0.6) is 17.2 Å². The molecule has 0 bridgehead atoms. The maximum Gasteiger partial charge on any atom is 0.203 e. The lowest BCUT2D eigenvalue weighted by molar-refractivity contribution is 0.203. The minimum atomic E-state index is 0.535. The first-order valence-electron chi connectivity index (χ1n) is 10.00. The summed E-state index contributed by atoms with van der Waals surface area (Å²) in [5.74, 6) is 3.70. The highest BCUT2D eigenvalue weighted by Crippen LogP contribution is 2.39. The predicted molar refractivity (Wildman–Crippen MR) is 116 cm³/mol. The van der Waals surface area contributed by atoms with E-state index in [1.54, 1.807) is 21.3 Å². The van der Waals surface area contributed by atoms with Crippen LogP contribution in [-0.2, 0) is 6.54 Å². The van der Waals surface area contributed by atoms with Gasteiger partial charge in [-0.05, 0) is 57.5 Å². The van der Waals surface area contributed by atoms with Crippen LogP contribution in [0.25, 0.3) is 4.83 Å². The number of nitrogens with zero attached hydrogens (tertiary/aromatic N) is 3. The molecule has 1 fully saturated rings. The van der Waals surface area contributed by atoms with Gasteiger partial charge in [0.2, 0.25) is 5.75 Å². The van der Waals surface area contributed by atoms with E-state index in [1.165, 1.54) is 21.8 Å². The Kier molecular flexibility index (Phi) is 5.69. The lowest BCUT2D eigenvalue weighted by Gasteiger charge is -2.31. The summed E-state index contributed by atoms with van der Waals surface area (Å²) >= 11 is 1.82. The second-order valence-corrected chi connectivity index (χ2v) is 8.50. The summed E-state index contributed by atoms with van der Waals surface area (Å²) in [6.07, 6.45) is 2.26. The Labute approximate surface area is 176 Å². The van der Waals surface area contributed by atoms with E-state index in [-0.39, 0.29) is 0 Å². The topological polar surface area (TPSA) is 48.2 Å². The zero-order valence-corrected chi connectivity index (χ0v) is 18.6. The van der Waals surface area contributed by atoms with Crippen LogP contribution in [0.3, 0.4) is 0 Å². The van der Waals surface area contributed by atoms with Crippen molar-refractivity contribution >= 4 is 16.2 Å². The Morgan fingerprint density at radius 3 is 2.28 bits per heavy atom. The molecule has 1 saturated heterocycles. The van der Waals surface area contributed by atoms with Gasteiger partial charge in [0.25, 0.3) is 0 Å². The average molecular weight is 416 g/mol. The Morgan fingerprint density at radius 2 is 1.69 bits per heavy atom. The smallest absolute Gasteiger partial charge is 0.203 e. The van der Waals surface area contributed by atoms with Gasteiger partial charge in [0.05, 0.1) is 27.0 Å². The molecule has 3 aromatic rings. The Bertz CT molecular complexity index is 977. The molecule has 1 aromatic carbocycles. The molecule has 4 rings (SSSR count). The summed E-state index contributed by atoms with van der Waals surface area (Å²) in [6.45, 7) is 7.25. The minimum Gasteiger partial charge on any atom is -0.493 e. The number of piperidine rings is 1. The highest BCUT2D eigenvalue weighted by Gasteiger charge is 2.26. The number of aromatic nitrogens is 2. The van der Waals surface area contributed by atoms with Crippen molar-refractivity contribution in [2.45, 2.75) is 39.2 Å². The Balaban J connectivity index is 1.46. The molecule has 0 amide bonds. The highest BCUT2D eigenvalue weighted by molar-refractivity contribution is 7.15. The second-order valence-electron chi connectivity index (χ2n) is 7.65. The molecule has 156 valence electrons. The molecule has 0 N–H and O–H groups in total. The fraction of sp³-hybridized carbons (Fsp3) is 0.500. The average Bonchev–Trinajstić information content (AvgIpc) is 3.28. The summed E-state index contributed by atoms with van der Waals surface area (Å²) in [6, 6.07) is 4.09. The van der Waals surface area contributed by atoms with Crippen molar-refractivity contribution in [3.05, 3.63) is 40.3 Å². The van der Waals surface area contributed by atoms with Crippen molar-refractivity contribution < 1.29 is 14.2 Å². The van der Waals surface area contributed by atoms with E-state index in [0.717, 1.165) is 38.3 Å². The predicted octanol–water partition coefficient (Wildman–Crippen LogP) is 4.42. The van der Waals surface area contributed by atoms with Gasteiger partial charge in [-0.15, -0.1) is 11.3 Å². The molecule has 0 radical (unpaired) electrons. The van der Waals surface area contributed by atoms with E-state index in [9.17, 15) is 0 Å². The number of hydrogen-bond acceptors (Lipinski definition) is 6. The zero-order valence-electron chi connectivity index (χ0n) is 17.8. The lowest BCUT2D eigenvalue weighted by atomic mass is 9.93. The molecule has 7 heteroatoms. The summed E-state index contributed by atoms with van der Waals surface area (Å²) in [5, 5.41) is 2.23. The monoisotopic (exact) mass is 415 g/mol. The maximum absolute atomic E-state index is 5.50. The van der Waals surface area contributed by atoms with Crippen LogP contribution in [0.2, 0.25) is 0 Å². The number of fused-ring (bicyclic) bond motifs is 1. The van der Waals surface area contributed by atoms with Crippen molar-refractivity contribution in [2.24, 2.45) is 0 Å². The van der Waals surface area contributed by atoms with Crippen molar-refractivity contribution in [3.8, 4) is 17.2 Å². The molecule has 1 aliphatic heterocycles. The number of likely N-dealkylation sites (tertiary alicyclic amines) is 1. The van der Waals surface area contributed by atoms with Crippen LogP contribution in [-0.4, -0.2) is 48.7 Å². The van der Waals surface area contributed by atoms with Gasteiger partial charge in [0.15, 0.2) is 11.5 Å². The van der Waals surface area contributed by atoms with Crippen LogP contribution in [0.15, 0.2) is 17.5 Å². The van der Waals surface area contributed by atoms with E-state index in [0.29, 0.717) is 23.2 Å². The molecular formula is C22H29N3O3S. The van der Waals surface area contributed by atoms with E-state index >= 15 is 0 Å². The van der Waals surface area contributed by atoms with Gasteiger partial charge in [-0.1, -0.05) is 0 Å². The largest absolute Gasteiger partial charge is 0.493 e. The third-order valence-corrected chi connectivity index (χ3v) is 6.90. The number of rotatable bonds is 6. The quantitative estimate of drug-likeness (QED) is 0.597. The minimum absolute atomic E-state index is 0.535. The number of ether oxygens (including phenoxy) is 3. The second kappa shape index (κ2) is 8.24. The normalized spacial score (nSPS) is 15.8. The van der Waals surface area contributed by atoms with E-state index in [2.05, 4.69) is 28.5 Å². The first-order valence-corrected chi connectivity index (χ1v) is 10.9. The molecule has 0 aliphatic carbocycles. The maximum atomic E-state index is 5.50. The van der Waals surface area contributed by atoms with Gasteiger partial charge in [-0.25, -0.2) is 4.98 Å². The molecule has 29 heavy (non-hydrogen) atoms. The molecule has 6 nitrogen and oxygen atoms in total. The van der Waals surface area contributed by atoms with E-state index in [4.69, 9.17) is 19.2 Å². The molecule has 3 heterocycles. The van der Waals surface area contributed by atoms with Crippen LogP contribution in [0, 0.1) is 13.8 Å². The van der Waals surface area contributed by atoms with Gasteiger partial charge < -0.3 is 14.2 Å². The standard InChI is InChI=1S/C22H29N3O3S/c1-14-13-29-22-20(23-15(2)25(14)22)17-6-8-24(9-7-17)12-16-10-18(26-3)21(28-5)19(11-16)27-4/h10-11,13,17H,6-9,12H2,1-5H3. The molecule has 0 unspecified atom stereocenters. The highest BCUT2D eigenvalue weighted by atomic mass is 32.1. The first-order chi connectivity index (χ1) is 14.0. The summed E-state index contributed by atoms with van der Waals surface area (Å²) in [7, 11) is 4.95. The molecule has 2 aromatic heterocycles. The van der Waals surface area contributed by atoms with Gasteiger partial charge in [0.1, 0.15) is 10.7 Å². The number of hydrogen-bond donors (Lipinski definition) is 0. The fourth-order valence-electron chi connectivity index (χ4n) is 4.37. The summed E-state index contributed by atoms with van der Waals surface area (Å²) < 4.78 is 18.7. The van der Waals surface area contributed by atoms with Crippen molar-refractivity contribution in [3.63, 3.8) is 0 Å². The summed E-state index contributed by atoms with van der Waals surface area (Å²) in [5.41, 5.74) is 3.74. The Hall–Kier alpha value is -2.25. The van der Waals surface area contributed by atoms with Crippen molar-refractivity contribution in [1.82, 2.24) is 14.3 Å². The lowest BCUT2D eigenvalue weighted by Crippen LogP contribution is -2.32. The Morgan fingerprint density at radius 1 is 1.03 bits per heavy atom. The van der Waals surface area contributed by atoms with Gasteiger partial charge in [0, 0.05) is 23.5 Å². The number of benzene rings is 1. The van der Waals surface area contributed by atoms with Crippen molar-refractivity contribution in [1.29, 1.82) is 0 Å². The molecule has 0 saturated carbocycles. The van der Waals surface area contributed by atoms with Crippen LogP contribution < -0.4 is 14.2 Å². The zero-order chi connectivity index (χ0) is 20.5. The molecular weight excluding hydrogens is 386 g/mol. The van der Waals surface area contributed by atoms with Crippen LogP contribution in [0.1, 0.15) is 41.5 Å². The molecule has 0 atom stereocenters. The fourth-order valence-corrected chi connectivity index (χ4v) is 5.47. The number of imidazole rings is 1. The molecule has 0 spiro atoms. The number of thiazole rings is 1. The first kappa shape index (κ1) is 20.0. The van der Waals surface area contributed by atoms with Crippen LogP contribution in [0.4, 0.5) is 0 Å². The third-order valence-electron chi connectivity index (χ3n) is 5.83.